The number of fused-ring (bicyclic) bond motifs is 4. The van der Waals surface area contributed by atoms with E-state index in [9.17, 15) is 9.59 Å². The van der Waals surface area contributed by atoms with Crippen LogP contribution in [0.3, 0.4) is 0 Å². The van der Waals surface area contributed by atoms with Gasteiger partial charge in [0.25, 0.3) is 0 Å². The van der Waals surface area contributed by atoms with Crippen molar-refractivity contribution in [1.29, 1.82) is 0 Å². The fraction of sp³-hybridized carbons (Fsp3) is 0.296. The van der Waals surface area contributed by atoms with Gasteiger partial charge in [-0.25, -0.2) is 4.98 Å². The van der Waals surface area contributed by atoms with Crippen LogP contribution in [-0.2, 0) is 14.3 Å². The molecule has 1 aliphatic heterocycles. The predicted octanol–water partition coefficient (Wildman–Crippen LogP) is 5.10. The molecule has 1 aromatic heterocycles. The van der Waals surface area contributed by atoms with Crippen molar-refractivity contribution < 1.29 is 14.3 Å². The molecule has 6 nitrogen and oxygen atoms in total. The lowest BCUT2D eigenvalue weighted by atomic mass is 9.86. The van der Waals surface area contributed by atoms with E-state index >= 15 is 0 Å². The number of unbranched alkanes of at least 4 members (excludes halogenated alkanes) is 1. The first-order valence-corrected chi connectivity index (χ1v) is 11.6. The first-order chi connectivity index (χ1) is 16.2. The number of benzene rings is 3. The summed E-state index contributed by atoms with van der Waals surface area (Å²) >= 11 is 0. The van der Waals surface area contributed by atoms with Gasteiger partial charge >= 0.3 is 5.97 Å². The second-order valence-electron chi connectivity index (χ2n) is 8.36. The predicted molar refractivity (Wildman–Crippen MR) is 129 cm³/mol. The van der Waals surface area contributed by atoms with Crippen molar-refractivity contribution in [2.45, 2.75) is 32.7 Å². The van der Waals surface area contributed by atoms with Crippen LogP contribution in [0, 0.1) is 5.92 Å². The number of esters is 1. The Labute approximate surface area is 192 Å². The molecule has 1 aliphatic rings. The standard InChI is InChI=1S/C27H27N3O3/c1-3-5-17-29-25(31)23(26(32)33-4-2)24(20-14-10-12-18-11-6-7-13-19(18)20)30-22-16-9-8-15-21(22)28-27(29)30/h6-16,23-24H,3-5,17H2,1-2H3/t23-,24+/m1/s1. The van der Waals surface area contributed by atoms with Crippen LogP contribution in [0.15, 0.2) is 66.7 Å². The molecule has 1 amide bonds. The van der Waals surface area contributed by atoms with Crippen LogP contribution < -0.4 is 4.90 Å². The van der Waals surface area contributed by atoms with Crippen LogP contribution in [0.5, 0.6) is 0 Å². The summed E-state index contributed by atoms with van der Waals surface area (Å²) in [6.45, 7) is 4.58. The molecule has 0 saturated carbocycles. The zero-order valence-corrected chi connectivity index (χ0v) is 18.9. The van der Waals surface area contributed by atoms with E-state index in [2.05, 4.69) is 11.5 Å². The Kier molecular flexibility index (Phi) is 5.58. The number of anilines is 1. The Morgan fingerprint density at radius 2 is 1.76 bits per heavy atom. The van der Waals surface area contributed by atoms with E-state index in [1.807, 2.05) is 66.7 Å². The van der Waals surface area contributed by atoms with Gasteiger partial charge in [0, 0.05) is 6.54 Å². The average molecular weight is 442 g/mol. The summed E-state index contributed by atoms with van der Waals surface area (Å²) in [6.07, 6.45) is 1.75. The summed E-state index contributed by atoms with van der Waals surface area (Å²) in [5, 5.41) is 2.07. The first-order valence-electron chi connectivity index (χ1n) is 11.6. The maximum atomic E-state index is 13.9. The number of para-hydroxylation sites is 2. The Morgan fingerprint density at radius 1 is 1.00 bits per heavy atom. The van der Waals surface area contributed by atoms with Gasteiger partial charge in [-0.2, -0.15) is 0 Å². The number of carbonyl (C=O) groups is 2. The summed E-state index contributed by atoms with van der Waals surface area (Å²) in [7, 11) is 0. The molecule has 0 saturated heterocycles. The van der Waals surface area contributed by atoms with E-state index in [-0.39, 0.29) is 12.5 Å². The highest BCUT2D eigenvalue weighted by Crippen LogP contribution is 2.43. The Hall–Kier alpha value is -3.67. The first kappa shape index (κ1) is 21.2. The fourth-order valence-electron chi connectivity index (χ4n) is 4.86. The van der Waals surface area contributed by atoms with E-state index in [4.69, 9.17) is 9.72 Å². The van der Waals surface area contributed by atoms with E-state index in [0.717, 1.165) is 40.2 Å². The highest BCUT2D eigenvalue weighted by Gasteiger charge is 2.48. The second-order valence-corrected chi connectivity index (χ2v) is 8.36. The minimum absolute atomic E-state index is 0.220. The Bertz CT molecular complexity index is 1340. The smallest absolute Gasteiger partial charge is 0.321 e. The summed E-state index contributed by atoms with van der Waals surface area (Å²) in [5.74, 6) is -1.14. The Balaban J connectivity index is 1.82. The van der Waals surface area contributed by atoms with Crippen LogP contribution in [-0.4, -0.2) is 34.6 Å². The van der Waals surface area contributed by atoms with Crippen LogP contribution in [0.2, 0.25) is 0 Å². The number of rotatable bonds is 6. The highest BCUT2D eigenvalue weighted by molar-refractivity contribution is 6.09. The van der Waals surface area contributed by atoms with Gasteiger partial charge in [-0.3, -0.25) is 14.5 Å². The van der Waals surface area contributed by atoms with Gasteiger partial charge in [0.05, 0.1) is 23.7 Å². The second kappa shape index (κ2) is 8.70. The van der Waals surface area contributed by atoms with Crippen molar-refractivity contribution in [3.8, 4) is 0 Å². The number of aromatic nitrogens is 2. The third-order valence-electron chi connectivity index (χ3n) is 6.36. The lowest BCUT2D eigenvalue weighted by molar-refractivity contribution is -0.153. The highest BCUT2D eigenvalue weighted by atomic mass is 16.5. The molecule has 2 atom stereocenters. The summed E-state index contributed by atoms with van der Waals surface area (Å²) < 4.78 is 7.52. The zero-order chi connectivity index (χ0) is 22.9. The SMILES string of the molecule is CCCCN1C(=O)[C@H](C(=O)OCC)[C@H](c2cccc3ccccc23)n2c1nc1ccccc12. The molecule has 168 valence electrons. The van der Waals surface area contributed by atoms with Crippen molar-refractivity contribution in [1.82, 2.24) is 9.55 Å². The van der Waals surface area contributed by atoms with Gasteiger partial charge in [0.1, 0.15) is 0 Å². The van der Waals surface area contributed by atoms with E-state index in [0.29, 0.717) is 12.5 Å². The van der Waals surface area contributed by atoms with Gasteiger partial charge in [-0.05, 0) is 41.8 Å². The molecule has 5 rings (SSSR count). The van der Waals surface area contributed by atoms with E-state index in [1.165, 1.54) is 0 Å². The van der Waals surface area contributed by atoms with Crippen LogP contribution in [0.25, 0.3) is 21.8 Å². The van der Waals surface area contributed by atoms with Crippen molar-refractivity contribution >= 4 is 39.6 Å². The summed E-state index contributed by atoms with van der Waals surface area (Å²) in [6, 6.07) is 21.4. The lowest BCUT2D eigenvalue weighted by Crippen LogP contribution is -2.50. The number of carbonyl (C=O) groups excluding carboxylic acids is 2. The molecule has 0 bridgehead atoms. The molecule has 0 spiro atoms. The van der Waals surface area contributed by atoms with Crippen LogP contribution in [0.1, 0.15) is 38.3 Å². The number of ether oxygens (including phenoxy) is 1. The molecule has 0 N–H and O–H groups in total. The number of hydrogen-bond donors (Lipinski definition) is 0. The van der Waals surface area contributed by atoms with Crippen molar-refractivity contribution in [2.24, 2.45) is 5.92 Å². The molecule has 2 heterocycles. The van der Waals surface area contributed by atoms with Gasteiger partial charge < -0.3 is 9.30 Å². The molecule has 0 fully saturated rings. The zero-order valence-electron chi connectivity index (χ0n) is 18.9. The maximum Gasteiger partial charge on any atom is 0.321 e. The minimum Gasteiger partial charge on any atom is -0.465 e. The molecule has 6 heteroatoms. The Morgan fingerprint density at radius 3 is 2.58 bits per heavy atom. The molecular weight excluding hydrogens is 414 g/mol. The quantitative estimate of drug-likeness (QED) is 0.308. The maximum absolute atomic E-state index is 13.9. The van der Waals surface area contributed by atoms with E-state index in [1.54, 1.807) is 11.8 Å². The molecular formula is C27H27N3O3. The fourth-order valence-corrected chi connectivity index (χ4v) is 4.86. The molecule has 3 aromatic carbocycles. The van der Waals surface area contributed by atoms with Gasteiger partial charge in [-0.1, -0.05) is 67.9 Å². The van der Waals surface area contributed by atoms with Gasteiger partial charge in [0.2, 0.25) is 11.9 Å². The number of imidazole rings is 1. The molecule has 0 radical (unpaired) electrons. The molecule has 0 unspecified atom stereocenters. The van der Waals surface area contributed by atoms with Crippen LogP contribution >= 0.6 is 0 Å². The number of nitrogens with zero attached hydrogens (tertiary/aromatic N) is 3. The van der Waals surface area contributed by atoms with Crippen LogP contribution in [0.4, 0.5) is 5.95 Å². The van der Waals surface area contributed by atoms with Crippen molar-refractivity contribution in [3.05, 3.63) is 72.3 Å². The topological polar surface area (TPSA) is 64.4 Å². The average Bonchev–Trinajstić information content (AvgIpc) is 3.22. The largest absolute Gasteiger partial charge is 0.465 e. The third kappa shape index (κ3) is 3.46. The number of amides is 1. The summed E-state index contributed by atoms with van der Waals surface area (Å²) in [4.78, 5) is 33.7. The molecule has 4 aromatic rings. The monoisotopic (exact) mass is 441 g/mol. The minimum atomic E-state index is -0.988. The van der Waals surface area contributed by atoms with Gasteiger partial charge in [0.15, 0.2) is 5.92 Å². The summed E-state index contributed by atoms with van der Waals surface area (Å²) in [5.41, 5.74) is 2.62. The van der Waals surface area contributed by atoms with Crippen molar-refractivity contribution in [2.75, 3.05) is 18.1 Å². The third-order valence-corrected chi connectivity index (χ3v) is 6.36. The van der Waals surface area contributed by atoms with Gasteiger partial charge in [-0.15, -0.1) is 0 Å². The lowest BCUT2D eigenvalue weighted by Gasteiger charge is -2.38. The normalized spacial score (nSPS) is 18.0. The van der Waals surface area contributed by atoms with Crippen molar-refractivity contribution in [3.63, 3.8) is 0 Å². The molecule has 0 aliphatic carbocycles. The van der Waals surface area contributed by atoms with E-state index < -0.39 is 17.9 Å². The molecule has 33 heavy (non-hydrogen) atoms. The number of hydrogen-bond acceptors (Lipinski definition) is 4.